The Morgan fingerprint density at radius 1 is 0.926 bits per heavy atom. The summed E-state index contributed by atoms with van der Waals surface area (Å²) in [6, 6.07) is 14.2. The Morgan fingerprint density at radius 2 is 1.56 bits per heavy atom. The van der Waals surface area contributed by atoms with Crippen LogP contribution in [0.1, 0.15) is 11.3 Å². The van der Waals surface area contributed by atoms with Crippen LogP contribution < -0.4 is 14.5 Å². The van der Waals surface area contributed by atoms with E-state index in [1.54, 1.807) is 43.3 Å². The second-order valence-electron chi connectivity index (χ2n) is 5.96. The first-order valence-corrected chi connectivity index (χ1v) is 9.51. The van der Waals surface area contributed by atoms with Gasteiger partial charge >= 0.3 is 15.7 Å². The van der Waals surface area contributed by atoms with Gasteiger partial charge in [-0.1, -0.05) is 29.8 Å². The molecule has 0 atom stereocenters. The van der Waals surface area contributed by atoms with E-state index < -0.39 is 15.7 Å². The van der Waals surface area contributed by atoms with Gasteiger partial charge in [0.25, 0.3) is 0 Å². The van der Waals surface area contributed by atoms with Crippen molar-refractivity contribution in [1.29, 1.82) is 0 Å². The van der Waals surface area contributed by atoms with E-state index in [1.807, 2.05) is 6.92 Å². The standard InChI is InChI=1S/C20H18O6S/c1-13-4-10-17(11-5-13)27(22,23)26-18-12-14(2)25-20(21)19(18)15-6-8-16(24-3)9-7-15/h4-12H,1-3H3. The Hall–Kier alpha value is -3.06. The second kappa shape index (κ2) is 7.28. The van der Waals surface area contributed by atoms with Crippen molar-refractivity contribution in [2.24, 2.45) is 0 Å². The molecule has 0 N–H and O–H groups in total. The lowest BCUT2D eigenvalue weighted by atomic mass is 10.1. The average molecular weight is 386 g/mol. The highest BCUT2D eigenvalue weighted by Gasteiger charge is 2.22. The van der Waals surface area contributed by atoms with Crippen LogP contribution in [-0.4, -0.2) is 15.5 Å². The van der Waals surface area contributed by atoms with Crippen LogP contribution in [0.15, 0.2) is 68.7 Å². The molecule has 0 aliphatic rings. The number of ether oxygens (including phenoxy) is 1. The number of hydrogen-bond donors (Lipinski definition) is 0. The lowest BCUT2D eigenvalue weighted by molar-refractivity contribution is 0.415. The average Bonchev–Trinajstić information content (AvgIpc) is 2.61. The van der Waals surface area contributed by atoms with Gasteiger partial charge in [-0.15, -0.1) is 0 Å². The van der Waals surface area contributed by atoms with Crippen LogP contribution in [0, 0.1) is 13.8 Å². The highest BCUT2D eigenvalue weighted by Crippen LogP contribution is 2.31. The molecule has 1 aromatic heterocycles. The summed E-state index contributed by atoms with van der Waals surface area (Å²) in [5, 5.41) is 0. The predicted octanol–water partition coefficient (Wildman–Crippen LogP) is 3.70. The van der Waals surface area contributed by atoms with E-state index in [0.29, 0.717) is 11.3 Å². The van der Waals surface area contributed by atoms with Crippen LogP contribution in [-0.2, 0) is 10.1 Å². The van der Waals surface area contributed by atoms with Crippen molar-refractivity contribution >= 4 is 10.1 Å². The fourth-order valence-corrected chi connectivity index (χ4v) is 3.47. The van der Waals surface area contributed by atoms with Crippen molar-refractivity contribution < 1.29 is 21.8 Å². The zero-order chi connectivity index (χ0) is 19.6. The normalized spacial score (nSPS) is 11.2. The van der Waals surface area contributed by atoms with Gasteiger partial charge in [0.1, 0.15) is 22.0 Å². The molecule has 0 amide bonds. The van der Waals surface area contributed by atoms with E-state index in [4.69, 9.17) is 13.3 Å². The Bertz CT molecular complexity index is 1110. The molecule has 6 nitrogen and oxygen atoms in total. The molecule has 3 rings (SSSR count). The van der Waals surface area contributed by atoms with Crippen molar-refractivity contribution in [1.82, 2.24) is 0 Å². The fourth-order valence-electron chi connectivity index (χ4n) is 2.54. The molecule has 0 aliphatic heterocycles. The minimum absolute atomic E-state index is 0.000301. The van der Waals surface area contributed by atoms with Crippen LogP contribution >= 0.6 is 0 Å². The van der Waals surface area contributed by atoms with Gasteiger partial charge in [0.15, 0.2) is 5.75 Å². The smallest absolute Gasteiger partial charge is 0.347 e. The number of hydrogen-bond acceptors (Lipinski definition) is 6. The summed E-state index contributed by atoms with van der Waals surface area (Å²) < 4.78 is 40.8. The van der Waals surface area contributed by atoms with Crippen LogP contribution in [0.5, 0.6) is 11.5 Å². The van der Waals surface area contributed by atoms with Crippen molar-refractivity contribution in [2.75, 3.05) is 7.11 Å². The summed E-state index contributed by atoms with van der Waals surface area (Å²) in [5.41, 5.74) is 0.718. The molecular formula is C20H18O6S. The predicted molar refractivity (Wildman–Crippen MR) is 101 cm³/mol. The maximum Gasteiger partial charge on any atom is 0.347 e. The van der Waals surface area contributed by atoms with E-state index >= 15 is 0 Å². The summed E-state index contributed by atoms with van der Waals surface area (Å²) in [4.78, 5) is 12.4. The summed E-state index contributed by atoms with van der Waals surface area (Å²) in [7, 11) is -2.59. The third kappa shape index (κ3) is 4.03. The zero-order valence-electron chi connectivity index (χ0n) is 15.1. The van der Waals surface area contributed by atoms with E-state index in [0.717, 1.165) is 5.56 Å². The van der Waals surface area contributed by atoms with E-state index in [9.17, 15) is 13.2 Å². The van der Waals surface area contributed by atoms with Crippen LogP contribution in [0.4, 0.5) is 0 Å². The van der Waals surface area contributed by atoms with Gasteiger partial charge in [-0.05, 0) is 43.7 Å². The van der Waals surface area contributed by atoms with Crippen LogP contribution in [0.25, 0.3) is 11.1 Å². The first-order chi connectivity index (χ1) is 12.8. The molecule has 0 spiro atoms. The third-order valence-electron chi connectivity index (χ3n) is 3.93. The molecule has 0 radical (unpaired) electrons. The Labute approximate surface area is 157 Å². The van der Waals surface area contributed by atoms with Gasteiger partial charge < -0.3 is 13.3 Å². The highest BCUT2D eigenvalue weighted by molar-refractivity contribution is 7.87. The van der Waals surface area contributed by atoms with Gasteiger partial charge in [-0.25, -0.2) is 4.79 Å². The molecule has 0 fully saturated rings. The molecule has 0 saturated carbocycles. The first kappa shape index (κ1) is 18.7. The number of rotatable bonds is 5. The molecule has 27 heavy (non-hydrogen) atoms. The Kier molecular flexibility index (Phi) is 5.05. The molecule has 1 heterocycles. The molecular weight excluding hydrogens is 368 g/mol. The van der Waals surface area contributed by atoms with Crippen molar-refractivity contribution in [3.63, 3.8) is 0 Å². The molecule has 7 heteroatoms. The van der Waals surface area contributed by atoms with Gasteiger partial charge in [-0.3, -0.25) is 0 Å². The molecule has 3 aromatic rings. The quantitative estimate of drug-likeness (QED) is 0.622. The van der Waals surface area contributed by atoms with Crippen molar-refractivity contribution in [3.8, 4) is 22.6 Å². The molecule has 0 aliphatic carbocycles. The number of methoxy groups -OCH3 is 1. The third-order valence-corrected chi connectivity index (χ3v) is 5.17. The Balaban J connectivity index is 2.09. The number of aryl methyl sites for hydroxylation is 2. The summed E-state index contributed by atoms with van der Waals surface area (Å²) in [6.07, 6.45) is 0. The van der Waals surface area contributed by atoms with Gasteiger partial charge in [-0.2, -0.15) is 8.42 Å². The van der Waals surface area contributed by atoms with Crippen LogP contribution in [0.3, 0.4) is 0 Å². The van der Waals surface area contributed by atoms with E-state index in [1.165, 1.54) is 25.3 Å². The summed E-state index contributed by atoms with van der Waals surface area (Å²) in [6.45, 7) is 3.40. The zero-order valence-corrected chi connectivity index (χ0v) is 15.9. The lowest BCUT2D eigenvalue weighted by Crippen LogP contribution is -2.14. The number of benzene rings is 2. The maximum absolute atomic E-state index is 12.6. The molecule has 0 bridgehead atoms. The van der Waals surface area contributed by atoms with E-state index in [-0.39, 0.29) is 22.0 Å². The van der Waals surface area contributed by atoms with Gasteiger partial charge in [0.05, 0.1) is 7.11 Å². The summed E-state index contributed by atoms with van der Waals surface area (Å²) in [5.74, 6) is 0.755. The fraction of sp³-hybridized carbons (Fsp3) is 0.150. The van der Waals surface area contributed by atoms with Crippen molar-refractivity contribution in [3.05, 3.63) is 76.3 Å². The topological polar surface area (TPSA) is 82.8 Å². The van der Waals surface area contributed by atoms with E-state index in [2.05, 4.69) is 0 Å². The van der Waals surface area contributed by atoms with Gasteiger partial charge in [0.2, 0.25) is 0 Å². The Morgan fingerprint density at radius 3 is 2.15 bits per heavy atom. The SMILES string of the molecule is COc1ccc(-c2c(OS(=O)(=O)c3ccc(C)cc3)cc(C)oc2=O)cc1. The monoisotopic (exact) mass is 386 g/mol. The largest absolute Gasteiger partial charge is 0.497 e. The molecule has 0 saturated heterocycles. The summed E-state index contributed by atoms with van der Waals surface area (Å²) >= 11 is 0. The first-order valence-electron chi connectivity index (χ1n) is 8.10. The van der Waals surface area contributed by atoms with Crippen LogP contribution in [0.2, 0.25) is 0 Å². The molecule has 140 valence electrons. The maximum atomic E-state index is 12.6. The molecule has 0 unspecified atom stereocenters. The second-order valence-corrected chi connectivity index (χ2v) is 7.51. The molecule has 2 aromatic carbocycles. The highest BCUT2D eigenvalue weighted by atomic mass is 32.2. The minimum atomic E-state index is -4.11. The van der Waals surface area contributed by atoms with Crippen molar-refractivity contribution in [2.45, 2.75) is 18.7 Å². The lowest BCUT2D eigenvalue weighted by Gasteiger charge is -2.12. The minimum Gasteiger partial charge on any atom is -0.497 e. The van der Waals surface area contributed by atoms with Gasteiger partial charge in [0, 0.05) is 6.07 Å².